The second kappa shape index (κ2) is 6.02. The second-order valence-corrected chi connectivity index (χ2v) is 7.26. The van der Waals surface area contributed by atoms with E-state index in [1.165, 1.54) is 0 Å². The minimum absolute atomic E-state index is 0.0908. The Balaban J connectivity index is 1.66. The number of carbonyl (C=O) groups excluding carboxylic acids is 2. The van der Waals surface area contributed by atoms with E-state index >= 15 is 0 Å². The molecule has 2 rings (SSSR count). The molecule has 114 valence electrons. The maximum atomic E-state index is 11.9. The van der Waals surface area contributed by atoms with Crippen molar-refractivity contribution in [1.29, 1.82) is 0 Å². The van der Waals surface area contributed by atoms with E-state index < -0.39 is 0 Å². The van der Waals surface area contributed by atoms with Crippen molar-refractivity contribution in [2.45, 2.75) is 52.5 Å². The Morgan fingerprint density at radius 3 is 2.20 bits per heavy atom. The van der Waals surface area contributed by atoms with Crippen LogP contribution in [0.25, 0.3) is 0 Å². The molecule has 0 aromatic carbocycles. The molecule has 1 saturated heterocycles. The molecule has 2 fully saturated rings. The summed E-state index contributed by atoms with van der Waals surface area (Å²) in [4.78, 5) is 25.7. The van der Waals surface area contributed by atoms with Crippen molar-refractivity contribution in [3.63, 3.8) is 0 Å². The molecule has 0 atom stereocenters. The number of rotatable bonds is 3. The van der Waals surface area contributed by atoms with Crippen molar-refractivity contribution in [2.75, 3.05) is 19.6 Å². The van der Waals surface area contributed by atoms with Gasteiger partial charge in [0.25, 0.3) is 0 Å². The molecular formula is C15H27N3O2. The zero-order valence-electron chi connectivity index (χ0n) is 12.9. The summed E-state index contributed by atoms with van der Waals surface area (Å²) in [5.41, 5.74) is 0.0946. The van der Waals surface area contributed by atoms with E-state index in [1.54, 1.807) is 0 Å². The zero-order chi connectivity index (χ0) is 14.8. The molecule has 1 aliphatic heterocycles. The number of hydrogen-bond donors (Lipinski definition) is 2. The van der Waals surface area contributed by atoms with Crippen LogP contribution in [0, 0.1) is 11.3 Å². The molecule has 5 nitrogen and oxygen atoms in total. The molecule has 1 heterocycles. The number of nitrogens with one attached hydrogen (secondary N) is 2. The maximum Gasteiger partial charge on any atom is 0.315 e. The van der Waals surface area contributed by atoms with E-state index in [0.717, 1.165) is 38.8 Å². The highest BCUT2D eigenvalue weighted by molar-refractivity contribution is 5.81. The largest absolute Gasteiger partial charge is 0.342 e. The minimum atomic E-state index is -0.0908. The van der Waals surface area contributed by atoms with Crippen molar-refractivity contribution in [3.05, 3.63) is 0 Å². The highest BCUT2D eigenvalue weighted by Crippen LogP contribution is 2.31. The van der Waals surface area contributed by atoms with Gasteiger partial charge in [0.05, 0.1) is 0 Å². The standard InChI is InChI=1S/C15H27N3O2/c1-15(2,3)10-16-14(20)17-12-6-8-18(9-7-12)13(19)11-4-5-11/h11-12H,4-10H2,1-3H3,(H2,16,17,20). The fourth-order valence-corrected chi connectivity index (χ4v) is 2.41. The number of carbonyl (C=O) groups is 2. The van der Waals surface area contributed by atoms with Crippen molar-refractivity contribution in [2.24, 2.45) is 11.3 Å². The zero-order valence-corrected chi connectivity index (χ0v) is 12.9. The fourth-order valence-electron chi connectivity index (χ4n) is 2.41. The third-order valence-electron chi connectivity index (χ3n) is 3.85. The topological polar surface area (TPSA) is 61.4 Å². The van der Waals surface area contributed by atoms with Crippen molar-refractivity contribution in [1.82, 2.24) is 15.5 Å². The molecule has 0 unspecified atom stereocenters. The molecule has 1 saturated carbocycles. The van der Waals surface area contributed by atoms with Gasteiger partial charge in [0.1, 0.15) is 0 Å². The predicted molar refractivity (Wildman–Crippen MR) is 78.3 cm³/mol. The first kappa shape index (κ1) is 15.1. The molecule has 3 amide bonds. The van der Waals surface area contributed by atoms with Gasteiger partial charge in [-0.25, -0.2) is 4.79 Å². The molecule has 5 heteroatoms. The molecule has 1 aliphatic carbocycles. The fraction of sp³-hybridized carbons (Fsp3) is 0.867. The van der Waals surface area contributed by atoms with Crippen LogP contribution < -0.4 is 10.6 Å². The predicted octanol–water partition coefficient (Wildman–Crippen LogP) is 1.73. The molecule has 2 aliphatic rings. The molecule has 0 aromatic rings. The van der Waals surface area contributed by atoms with Gasteiger partial charge in [-0.1, -0.05) is 20.8 Å². The normalized spacial score (nSPS) is 20.6. The van der Waals surface area contributed by atoms with E-state index in [2.05, 4.69) is 31.4 Å². The maximum absolute atomic E-state index is 11.9. The van der Waals surface area contributed by atoms with E-state index in [4.69, 9.17) is 0 Å². The summed E-state index contributed by atoms with van der Waals surface area (Å²) in [6, 6.07) is 0.102. The van der Waals surface area contributed by atoms with Crippen molar-refractivity contribution < 1.29 is 9.59 Å². The molecule has 2 N–H and O–H groups in total. The van der Waals surface area contributed by atoms with E-state index in [-0.39, 0.29) is 17.5 Å². The molecule has 20 heavy (non-hydrogen) atoms. The van der Waals surface area contributed by atoms with Gasteiger partial charge < -0.3 is 15.5 Å². The SMILES string of the molecule is CC(C)(C)CNC(=O)NC1CCN(C(=O)C2CC2)CC1. The number of likely N-dealkylation sites (tertiary alicyclic amines) is 1. The average Bonchev–Trinajstić information content (AvgIpc) is 3.20. The molecular weight excluding hydrogens is 254 g/mol. The van der Waals surface area contributed by atoms with Crippen LogP contribution in [0.5, 0.6) is 0 Å². The van der Waals surface area contributed by atoms with Gasteiger partial charge in [0, 0.05) is 31.6 Å². The molecule has 0 aromatic heterocycles. The third-order valence-corrected chi connectivity index (χ3v) is 3.85. The Morgan fingerprint density at radius 1 is 1.10 bits per heavy atom. The van der Waals surface area contributed by atoms with Crippen LogP contribution in [0.3, 0.4) is 0 Å². The van der Waals surface area contributed by atoms with Crippen LogP contribution in [0.4, 0.5) is 4.79 Å². The average molecular weight is 281 g/mol. The first-order chi connectivity index (χ1) is 9.35. The highest BCUT2D eigenvalue weighted by Gasteiger charge is 2.35. The lowest BCUT2D eigenvalue weighted by atomic mass is 9.97. The van der Waals surface area contributed by atoms with Gasteiger partial charge in [-0.05, 0) is 31.1 Å². The summed E-state index contributed by atoms with van der Waals surface area (Å²) in [6.07, 6.45) is 3.85. The Kier molecular flexibility index (Phi) is 4.55. The second-order valence-electron chi connectivity index (χ2n) is 7.26. The van der Waals surface area contributed by atoms with Gasteiger partial charge >= 0.3 is 6.03 Å². The lowest BCUT2D eigenvalue weighted by molar-refractivity contribution is -0.133. The number of urea groups is 1. The van der Waals surface area contributed by atoms with Crippen LogP contribution in [0.1, 0.15) is 46.5 Å². The summed E-state index contributed by atoms with van der Waals surface area (Å²) >= 11 is 0. The molecule has 0 bridgehead atoms. The number of hydrogen-bond acceptors (Lipinski definition) is 2. The number of piperidine rings is 1. The van der Waals surface area contributed by atoms with Gasteiger partial charge in [-0.3, -0.25) is 4.79 Å². The van der Waals surface area contributed by atoms with Crippen LogP contribution in [-0.4, -0.2) is 42.5 Å². The van der Waals surface area contributed by atoms with Crippen LogP contribution >= 0.6 is 0 Å². The Bertz CT molecular complexity index is 364. The highest BCUT2D eigenvalue weighted by atomic mass is 16.2. The van der Waals surface area contributed by atoms with Gasteiger partial charge in [0.15, 0.2) is 0 Å². The first-order valence-electron chi connectivity index (χ1n) is 7.68. The van der Waals surface area contributed by atoms with Gasteiger partial charge in [0.2, 0.25) is 5.91 Å². The van der Waals surface area contributed by atoms with E-state index in [1.807, 2.05) is 4.90 Å². The van der Waals surface area contributed by atoms with Crippen LogP contribution in [0.15, 0.2) is 0 Å². The summed E-state index contributed by atoms with van der Waals surface area (Å²) in [6.45, 7) is 8.50. The van der Waals surface area contributed by atoms with Crippen LogP contribution in [-0.2, 0) is 4.79 Å². The van der Waals surface area contributed by atoms with Crippen LogP contribution in [0.2, 0.25) is 0 Å². The summed E-state index contributed by atoms with van der Waals surface area (Å²) in [7, 11) is 0. The lowest BCUT2D eigenvalue weighted by Crippen LogP contribution is -2.50. The van der Waals surface area contributed by atoms with E-state index in [9.17, 15) is 9.59 Å². The quantitative estimate of drug-likeness (QED) is 0.827. The van der Waals surface area contributed by atoms with Gasteiger partial charge in [-0.2, -0.15) is 0 Å². The van der Waals surface area contributed by atoms with Crippen molar-refractivity contribution >= 4 is 11.9 Å². The number of nitrogens with zero attached hydrogens (tertiary/aromatic N) is 1. The number of amides is 3. The minimum Gasteiger partial charge on any atom is -0.342 e. The van der Waals surface area contributed by atoms with Crippen molar-refractivity contribution in [3.8, 4) is 0 Å². The van der Waals surface area contributed by atoms with E-state index in [0.29, 0.717) is 18.4 Å². The first-order valence-corrected chi connectivity index (χ1v) is 7.68. The summed E-state index contributed by atoms with van der Waals surface area (Å²) in [5, 5.41) is 5.91. The lowest BCUT2D eigenvalue weighted by Gasteiger charge is -2.32. The third kappa shape index (κ3) is 4.69. The Morgan fingerprint density at radius 2 is 1.70 bits per heavy atom. The molecule has 0 radical (unpaired) electrons. The monoisotopic (exact) mass is 281 g/mol. The Labute approximate surface area is 121 Å². The smallest absolute Gasteiger partial charge is 0.315 e. The van der Waals surface area contributed by atoms with Gasteiger partial charge in [-0.15, -0.1) is 0 Å². The Hall–Kier alpha value is -1.26. The molecule has 0 spiro atoms. The summed E-state index contributed by atoms with van der Waals surface area (Å²) < 4.78 is 0. The summed E-state index contributed by atoms with van der Waals surface area (Å²) in [5.74, 6) is 0.621.